The normalized spacial score (nSPS) is 24.3. The fourth-order valence-electron chi connectivity index (χ4n) is 3.15. The monoisotopic (exact) mass is 364 g/mol. The number of carbonyl (C=O) groups excluding carboxylic acids is 3. The number of ether oxygens (including phenoxy) is 1. The number of rotatable bonds is 8. The van der Waals surface area contributed by atoms with Gasteiger partial charge < -0.3 is 20.5 Å². The van der Waals surface area contributed by atoms with Crippen molar-refractivity contribution >= 4 is 23.8 Å². The molecular weight excluding hydrogens is 340 g/mol. The van der Waals surface area contributed by atoms with Gasteiger partial charge in [-0.3, -0.25) is 14.4 Å². The van der Waals surface area contributed by atoms with Gasteiger partial charge in [-0.15, -0.1) is 12.3 Å². The second kappa shape index (κ2) is 8.21. The summed E-state index contributed by atoms with van der Waals surface area (Å²) in [4.78, 5) is 47.7. The first-order valence-corrected chi connectivity index (χ1v) is 8.73. The number of carbonyl (C=O) groups is 4. The number of nitrogens with one attached hydrogen (secondary N) is 2. The van der Waals surface area contributed by atoms with Gasteiger partial charge in [-0.25, -0.2) is 4.79 Å². The van der Waals surface area contributed by atoms with Gasteiger partial charge in [0.05, 0.1) is 0 Å². The first-order valence-electron chi connectivity index (χ1n) is 8.73. The third-order valence-corrected chi connectivity index (χ3v) is 4.96. The third-order valence-electron chi connectivity index (χ3n) is 4.96. The number of carboxylic acid groups (broad SMARTS) is 1. The highest BCUT2D eigenvalue weighted by molar-refractivity contribution is 5.97. The summed E-state index contributed by atoms with van der Waals surface area (Å²) < 4.78 is 4.94. The molecule has 0 aromatic carbocycles. The van der Waals surface area contributed by atoms with E-state index in [1.54, 1.807) is 0 Å². The van der Waals surface area contributed by atoms with Gasteiger partial charge in [0.1, 0.15) is 18.0 Å². The highest BCUT2D eigenvalue weighted by Gasteiger charge is 2.50. The van der Waals surface area contributed by atoms with Crippen LogP contribution in [-0.4, -0.2) is 47.0 Å². The summed E-state index contributed by atoms with van der Waals surface area (Å²) in [5, 5.41) is 14.2. The van der Waals surface area contributed by atoms with Crippen molar-refractivity contribution in [3.63, 3.8) is 0 Å². The summed E-state index contributed by atoms with van der Waals surface area (Å²) in [7, 11) is 0. The number of cyclic esters (lactones) is 1. The van der Waals surface area contributed by atoms with Crippen molar-refractivity contribution in [1.82, 2.24) is 10.6 Å². The second-order valence-electron chi connectivity index (χ2n) is 7.11. The highest BCUT2D eigenvalue weighted by Crippen LogP contribution is 2.32. The van der Waals surface area contributed by atoms with Gasteiger partial charge in [0.15, 0.2) is 6.10 Å². The first kappa shape index (κ1) is 19.8. The Hall–Kier alpha value is -2.56. The lowest BCUT2D eigenvalue weighted by atomic mass is 9.78. The molecule has 0 aromatic heterocycles. The first-order chi connectivity index (χ1) is 12.3. The zero-order valence-corrected chi connectivity index (χ0v) is 14.9. The Kier molecular flexibility index (Phi) is 6.24. The second-order valence-corrected chi connectivity index (χ2v) is 7.11. The molecule has 26 heavy (non-hydrogen) atoms. The van der Waals surface area contributed by atoms with Crippen LogP contribution in [0.3, 0.4) is 0 Å². The number of aliphatic carboxylic acids is 1. The van der Waals surface area contributed by atoms with Crippen molar-refractivity contribution in [1.29, 1.82) is 0 Å². The molecule has 1 aliphatic carbocycles. The van der Waals surface area contributed by atoms with Gasteiger partial charge in [0.25, 0.3) is 5.91 Å². The Labute approximate surface area is 152 Å². The molecule has 2 aliphatic rings. The van der Waals surface area contributed by atoms with E-state index in [2.05, 4.69) is 16.6 Å². The zero-order chi connectivity index (χ0) is 19.4. The summed E-state index contributed by atoms with van der Waals surface area (Å²) in [5.41, 5.74) is 0. The van der Waals surface area contributed by atoms with Crippen LogP contribution >= 0.6 is 0 Å². The van der Waals surface area contributed by atoms with Crippen molar-refractivity contribution < 1.29 is 29.0 Å². The smallest absolute Gasteiger partial charge is 0.327 e. The van der Waals surface area contributed by atoms with Gasteiger partial charge in [0.2, 0.25) is 5.91 Å². The molecule has 0 radical (unpaired) electrons. The Balaban J connectivity index is 2.04. The molecule has 142 valence electrons. The van der Waals surface area contributed by atoms with Crippen molar-refractivity contribution in [2.24, 2.45) is 17.8 Å². The summed E-state index contributed by atoms with van der Waals surface area (Å²) in [5.74, 6) is -1.23. The van der Waals surface area contributed by atoms with E-state index in [1.807, 2.05) is 13.8 Å². The van der Waals surface area contributed by atoms with Crippen LogP contribution < -0.4 is 10.6 Å². The SMILES string of the molecule is C#CC[C@H](NC(=O)[C@@H](NC(=O)[C@@H]1OC(=O)[C@H]1C(C)C)C1CCC1)C(=O)O. The van der Waals surface area contributed by atoms with Gasteiger partial charge in [-0.2, -0.15) is 0 Å². The van der Waals surface area contributed by atoms with E-state index < -0.39 is 47.9 Å². The number of hydrogen-bond acceptors (Lipinski definition) is 5. The van der Waals surface area contributed by atoms with Crippen LogP contribution in [0.2, 0.25) is 0 Å². The molecule has 1 aliphatic heterocycles. The quantitative estimate of drug-likeness (QED) is 0.414. The van der Waals surface area contributed by atoms with Crippen molar-refractivity contribution in [2.45, 2.75) is 57.7 Å². The number of carboxylic acids is 1. The van der Waals surface area contributed by atoms with Crippen LogP contribution in [0.25, 0.3) is 0 Å². The minimum atomic E-state index is -1.23. The molecule has 0 unspecified atom stereocenters. The highest BCUT2D eigenvalue weighted by atomic mass is 16.6. The molecular formula is C18H24N2O6. The summed E-state index contributed by atoms with van der Waals surface area (Å²) in [6.45, 7) is 3.64. The maximum absolute atomic E-state index is 12.5. The van der Waals surface area contributed by atoms with Crippen LogP contribution in [0.1, 0.15) is 39.5 Å². The number of hydrogen-bond donors (Lipinski definition) is 3. The average molecular weight is 364 g/mol. The fourth-order valence-corrected chi connectivity index (χ4v) is 3.15. The minimum absolute atomic E-state index is 0.0602. The van der Waals surface area contributed by atoms with Crippen molar-refractivity contribution in [2.75, 3.05) is 0 Å². The summed E-state index contributed by atoms with van der Waals surface area (Å²) in [6.07, 6.45) is 6.51. The summed E-state index contributed by atoms with van der Waals surface area (Å²) >= 11 is 0. The largest absolute Gasteiger partial charge is 0.480 e. The number of esters is 1. The molecule has 2 amide bonds. The topological polar surface area (TPSA) is 122 Å². The molecule has 2 rings (SSSR count). The molecule has 1 saturated heterocycles. The number of terminal acetylenes is 1. The maximum Gasteiger partial charge on any atom is 0.327 e. The lowest BCUT2D eigenvalue weighted by molar-refractivity contribution is -0.193. The standard InChI is InChI=1S/C18H24N2O6/c1-4-6-11(17(23)24)19-15(21)13(10-7-5-8-10)20-16(22)14-12(9(2)3)18(25)26-14/h1,9-14H,5-8H2,2-3H3,(H,19,21)(H,20,22)(H,23,24)/t11-,12-,13-,14+/m0/s1. The summed E-state index contributed by atoms with van der Waals surface area (Å²) in [6, 6.07) is -2.08. The third kappa shape index (κ3) is 4.15. The molecule has 1 saturated carbocycles. The maximum atomic E-state index is 12.5. The van der Waals surface area contributed by atoms with Gasteiger partial charge in [-0.1, -0.05) is 20.3 Å². The van der Waals surface area contributed by atoms with E-state index in [9.17, 15) is 19.2 Å². The Bertz CT molecular complexity index is 634. The molecule has 2 fully saturated rings. The van der Waals surface area contributed by atoms with Crippen molar-refractivity contribution in [3.8, 4) is 12.3 Å². The number of amides is 2. The van der Waals surface area contributed by atoms with E-state index in [0.717, 1.165) is 19.3 Å². The van der Waals surface area contributed by atoms with Crippen LogP contribution in [-0.2, 0) is 23.9 Å². The molecule has 3 N–H and O–H groups in total. The van der Waals surface area contributed by atoms with Crippen molar-refractivity contribution in [3.05, 3.63) is 0 Å². The minimum Gasteiger partial charge on any atom is -0.480 e. The van der Waals surface area contributed by atoms with Crippen LogP contribution in [0.15, 0.2) is 0 Å². The molecule has 8 nitrogen and oxygen atoms in total. The lowest BCUT2D eigenvalue weighted by Gasteiger charge is -2.39. The van der Waals surface area contributed by atoms with Crippen LogP contribution in [0.4, 0.5) is 0 Å². The van der Waals surface area contributed by atoms with Gasteiger partial charge in [-0.05, 0) is 24.7 Å². The van der Waals surface area contributed by atoms with E-state index in [4.69, 9.17) is 16.3 Å². The van der Waals surface area contributed by atoms with Crippen LogP contribution in [0.5, 0.6) is 0 Å². The molecule has 4 atom stereocenters. The van der Waals surface area contributed by atoms with Crippen LogP contribution in [0, 0.1) is 30.1 Å². The Morgan fingerprint density at radius 1 is 1.31 bits per heavy atom. The van der Waals surface area contributed by atoms with Gasteiger partial charge in [0, 0.05) is 6.42 Å². The predicted molar refractivity (Wildman–Crippen MR) is 90.5 cm³/mol. The molecule has 0 bridgehead atoms. The van der Waals surface area contributed by atoms with E-state index >= 15 is 0 Å². The Morgan fingerprint density at radius 3 is 2.38 bits per heavy atom. The molecule has 8 heteroatoms. The average Bonchev–Trinajstić information content (AvgIpc) is 2.48. The van der Waals surface area contributed by atoms with E-state index in [0.29, 0.717) is 0 Å². The fraction of sp³-hybridized carbons (Fsp3) is 0.667. The van der Waals surface area contributed by atoms with Gasteiger partial charge >= 0.3 is 11.9 Å². The van der Waals surface area contributed by atoms with E-state index in [1.165, 1.54) is 0 Å². The zero-order valence-electron chi connectivity index (χ0n) is 14.9. The Morgan fingerprint density at radius 2 is 1.96 bits per heavy atom. The van der Waals surface area contributed by atoms with E-state index in [-0.39, 0.29) is 18.3 Å². The lowest BCUT2D eigenvalue weighted by Crippen LogP contribution is -2.62. The molecule has 0 spiro atoms. The molecule has 0 aromatic rings. The predicted octanol–water partition coefficient (Wildman–Crippen LogP) is 0.0616. The molecule has 1 heterocycles.